The number of nitrogens with one attached hydrogen (secondary N) is 1. The lowest BCUT2D eigenvalue weighted by atomic mass is 10.00. The van der Waals surface area contributed by atoms with E-state index in [9.17, 15) is 9.90 Å². The number of hydrogen-bond donors (Lipinski definition) is 2. The second-order valence-electron chi connectivity index (χ2n) is 5.49. The molecule has 0 radical (unpaired) electrons. The van der Waals surface area contributed by atoms with E-state index in [4.69, 9.17) is 4.52 Å². The Morgan fingerprint density at radius 3 is 2.78 bits per heavy atom. The Balaban J connectivity index is 1.86. The van der Waals surface area contributed by atoms with E-state index in [1.54, 1.807) is 24.5 Å². The second kappa shape index (κ2) is 8.38. The van der Waals surface area contributed by atoms with Crippen LogP contribution in [0, 0.1) is 5.92 Å². The first-order chi connectivity index (χ1) is 11.1. The fourth-order valence-electron chi connectivity index (χ4n) is 2.13. The van der Waals surface area contributed by atoms with Crippen molar-refractivity contribution in [2.75, 3.05) is 6.61 Å². The number of aryl methyl sites for hydroxylation is 1. The van der Waals surface area contributed by atoms with Crippen molar-refractivity contribution >= 4 is 5.91 Å². The van der Waals surface area contributed by atoms with E-state index in [1.165, 1.54) is 0 Å². The van der Waals surface area contributed by atoms with Crippen LogP contribution < -0.4 is 5.32 Å². The number of nitrogens with zero attached hydrogens (tertiary/aromatic N) is 3. The molecule has 0 saturated heterocycles. The van der Waals surface area contributed by atoms with Gasteiger partial charge in [-0.05, 0) is 18.1 Å². The molecule has 0 saturated carbocycles. The minimum Gasteiger partial charge on any atom is -0.394 e. The molecule has 0 bridgehead atoms. The minimum absolute atomic E-state index is 0.0620. The summed E-state index contributed by atoms with van der Waals surface area (Å²) >= 11 is 0. The summed E-state index contributed by atoms with van der Waals surface area (Å²) in [5.74, 6) is 0.991. The molecule has 2 aromatic rings. The first kappa shape index (κ1) is 17.1. The summed E-state index contributed by atoms with van der Waals surface area (Å²) in [6, 6.07) is 3.36. The molecule has 0 unspecified atom stereocenters. The van der Waals surface area contributed by atoms with Gasteiger partial charge in [0.05, 0.1) is 12.6 Å². The van der Waals surface area contributed by atoms with E-state index in [0.29, 0.717) is 18.1 Å². The van der Waals surface area contributed by atoms with Crippen LogP contribution in [0.25, 0.3) is 11.4 Å². The molecule has 124 valence electrons. The molecule has 7 heteroatoms. The lowest BCUT2D eigenvalue weighted by Gasteiger charge is -2.21. The van der Waals surface area contributed by atoms with Crippen molar-refractivity contribution in [1.82, 2.24) is 20.4 Å². The molecule has 2 aromatic heterocycles. The van der Waals surface area contributed by atoms with Gasteiger partial charge in [-0.25, -0.2) is 0 Å². The number of hydrogen-bond acceptors (Lipinski definition) is 6. The van der Waals surface area contributed by atoms with Gasteiger partial charge in [0, 0.05) is 30.8 Å². The van der Waals surface area contributed by atoms with Crippen LogP contribution in [0.15, 0.2) is 29.0 Å². The Bertz CT molecular complexity index is 615. The molecule has 7 nitrogen and oxygen atoms in total. The molecule has 2 heterocycles. The van der Waals surface area contributed by atoms with Gasteiger partial charge < -0.3 is 14.9 Å². The summed E-state index contributed by atoms with van der Waals surface area (Å²) in [5, 5.41) is 16.1. The average Bonchev–Trinajstić information content (AvgIpc) is 3.07. The fourth-order valence-corrected chi connectivity index (χ4v) is 2.13. The summed E-state index contributed by atoms with van der Waals surface area (Å²) in [4.78, 5) is 20.2. The number of aliphatic hydroxyl groups excluding tert-OH is 1. The van der Waals surface area contributed by atoms with E-state index in [2.05, 4.69) is 20.4 Å². The van der Waals surface area contributed by atoms with Crippen molar-refractivity contribution in [2.45, 2.75) is 39.2 Å². The molecular weight excluding hydrogens is 296 g/mol. The molecule has 0 aliphatic heterocycles. The number of pyridine rings is 1. The summed E-state index contributed by atoms with van der Waals surface area (Å²) in [6.07, 6.45) is 4.81. The quantitative estimate of drug-likeness (QED) is 0.766. The zero-order chi connectivity index (χ0) is 16.7. The topological polar surface area (TPSA) is 101 Å². The molecule has 0 spiro atoms. The third-order valence-electron chi connectivity index (χ3n) is 3.85. The van der Waals surface area contributed by atoms with Crippen molar-refractivity contribution < 1.29 is 14.4 Å². The first-order valence-electron chi connectivity index (χ1n) is 7.77. The highest BCUT2D eigenvalue weighted by Gasteiger charge is 2.18. The van der Waals surface area contributed by atoms with Gasteiger partial charge >= 0.3 is 0 Å². The molecule has 1 amide bonds. The van der Waals surface area contributed by atoms with Crippen LogP contribution in [0.4, 0.5) is 0 Å². The highest BCUT2D eigenvalue weighted by molar-refractivity contribution is 5.76. The van der Waals surface area contributed by atoms with Crippen LogP contribution in [0.2, 0.25) is 0 Å². The molecule has 2 atom stereocenters. The van der Waals surface area contributed by atoms with Crippen LogP contribution in [0.3, 0.4) is 0 Å². The van der Waals surface area contributed by atoms with E-state index >= 15 is 0 Å². The summed E-state index contributed by atoms with van der Waals surface area (Å²) in [5.41, 5.74) is 0.816. The van der Waals surface area contributed by atoms with Crippen LogP contribution in [-0.4, -0.2) is 38.8 Å². The number of aromatic nitrogens is 3. The van der Waals surface area contributed by atoms with Crippen molar-refractivity contribution in [2.24, 2.45) is 5.92 Å². The number of amides is 1. The minimum atomic E-state index is -0.220. The van der Waals surface area contributed by atoms with Crippen molar-refractivity contribution in [1.29, 1.82) is 0 Å². The summed E-state index contributed by atoms with van der Waals surface area (Å²) in [7, 11) is 0. The highest BCUT2D eigenvalue weighted by Crippen LogP contribution is 2.14. The van der Waals surface area contributed by atoms with Gasteiger partial charge in [0.2, 0.25) is 17.6 Å². The zero-order valence-electron chi connectivity index (χ0n) is 13.4. The highest BCUT2D eigenvalue weighted by atomic mass is 16.5. The van der Waals surface area contributed by atoms with E-state index in [-0.39, 0.29) is 30.9 Å². The summed E-state index contributed by atoms with van der Waals surface area (Å²) < 4.78 is 5.16. The van der Waals surface area contributed by atoms with E-state index in [1.807, 2.05) is 13.8 Å². The second-order valence-corrected chi connectivity index (χ2v) is 5.49. The Morgan fingerprint density at radius 2 is 2.13 bits per heavy atom. The van der Waals surface area contributed by atoms with Gasteiger partial charge in [-0.15, -0.1) is 0 Å². The number of rotatable bonds is 8. The zero-order valence-corrected chi connectivity index (χ0v) is 13.4. The van der Waals surface area contributed by atoms with Crippen LogP contribution >= 0.6 is 0 Å². The number of carbonyl (C=O) groups excluding carboxylic acids is 1. The molecule has 0 aromatic carbocycles. The third kappa shape index (κ3) is 4.85. The third-order valence-corrected chi connectivity index (χ3v) is 3.85. The standard InChI is InChI=1S/C16H22N4O3/c1-3-11(2)13(10-21)18-14(22)4-5-15-19-16(20-23-15)12-6-8-17-9-7-12/h6-9,11,13,21H,3-5,10H2,1-2H3,(H,18,22)/t11-,13+/m0/s1. The van der Waals surface area contributed by atoms with Crippen molar-refractivity contribution in [3.05, 3.63) is 30.4 Å². The predicted molar refractivity (Wildman–Crippen MR) is 84.3 cm³/mol. The van der Waals surface area contributed by atoms with Crippen LogP contribution in [0.5, 0.6) is 0 Å². The van der Waals surface area contributed by atoms with Crippen LogP contribution in [0.1, 0.15) is 32.6 Å². The maximum absolute atomic E-state index is 12.0. The molecule has 0 fully saturated rings. The monoisotopic (exact) mass is 318 g/mol. The lowest BCUT2D eigenvalue weighted by molar-refractivity contribution is -0.122. The SMILES string of the molecule is CC[C@H](C)[C@@H](CO)NC(=O)CCc1nc(-c2ccncc2)no1. The number of aliphatic hydroxyl groups is 1. The largest absolute Gasteiger partial charge is 0.394 e. The van der Waals surface area contributed by atoms with Gasteiger partial charge in [-0.1, -0.05) is 25.4 Å². The Morgan fingerprint density at radius 1 is 1.39 bits per heavy atom. The molecule has 0 aliphatic rings. The van der Waals surface area contributed by atoms with E-state index < -0.39 is 0 Å². The average molecular weight is 318 g/mol. The predicted octanol–water partition coefficient (Wildman–Crippen LogP) is 1.59. The fraction of sp³-hybridized carbons (Fsp3) is 0.500. The Labute approximate surface area is 135 Å². The first-order valence-corrected chi connectivity index (χ1v) is 7.77. The maximum Gasteiger partial charge on any atom is 0.227 e. The molecule has 0 aliphatic carbocycles. The van der Waals surface area contributed by atoms with Crippen LogP contribution in [-0.2, 0) is 11.2 Å². The smallest absolute Gasteiger partial charge is 0.227 e. The van der Waals surface area contributed by atoms with Gasteiger partial charge in [0.25, 0.3) is 0 Å². The van der Waals surface area contributed by atoms with Gasteiger partial charge in [-0.2, -0.15) is 4.98 Å². The summed E-state index contributed by atoms with van der Waals surface area (Å²) in [6.45, 7) is 3.96. The molecule has 23 heavy (non-hydrogen) atoms. The maximum atomic E-state index is 12.0. The van der Waals surface area contributed by atoms with E-state index in [0.717, 1.165) is 12.0 Å². The Hall–Kier alpha value is -2.28. The van der Waals surface area contributed by atoms with Gasteiger partial charge in [0.1, 0.15) is 0 Å². The normalized spacial score (nSPS) is 13.5. The van der Waals surface area contributed by atoms with Gasteiger partial charge in [-0.3, -0.25) is 9.78 Å². The molecule has 2 N–H and O–H groups in total. The molecular formula is C16H22N4O3. The Kier molecular flexibility index (Phi) is 6.22. The van der Waals surface area contributed by atoms with Crippen molar-refractivity contribution in [3.8, 4) is 11.4 Å². The molecule has 2 rings (SSSR count). The number of carbonyl (C=O) groups is 1. The van der Waals surface area contributed by atoms with Crippen molar-refractivity contribution in [3.63, 3.8) is 0 Å². The lowest BCUT2D eigenvalue weighted by Crippen LogP contribution is -2.41. The van der Waals surface area contributed by atoms with Gasteiger partial charge in [0.15, 0.2) is 0 Å².